The van der Waals surface area contributed by atoms with E-state index in [1.165, 1.54) is 23.1 Å². The van der Waals surface area contributed by atoms with Gasteiger partial charge in [0.2, 0.25) is 0 Å². The summed E-state index contributed by atoms with van der Waals surface area (Å²) in [6.45, 7) is 3.56. The van der Waals surface area contributed by atoms with E-state index < -0.39 is 5.97 Å². The minimum absolute atomic E-state index is 0.200. The second-order valence-corrected chi connectivity index (χ2v) is 6.50. The summed E-state index contributed by atoms with van der Waals surface area (Å²) in [7, 11) is 0. The van der Waals surface area contributed by atoms with Gasteiger partial charge in [-0.05, 0) is 56.2 Å². The number of esters is 1. The number of carbonyl (C=O) groups excluding carboxylic acids is 3. The highest BCUT2D eigenvalue weighted by molar-refractivity contribution is 6.21. The Kier molecular flexibility index (Phi) is 4.75. The van der Waals surface area contributed by atoms with E-state index in [-0.39, 0.29) is 35.6 Å². The molecule has 0 unspecified atom stereocenters. The second-order valence-electron chi connectivity index (χ2n) is 6.50. The molecule has 0 atom stereocenters. The van der Waals surface area contributed by atoms with Gasteiger partial charge in [0.25, 0.3) is 11.8 Å². The van der Waals surface area contributed by atoms with Crippen LogP contribution < -0.4 is 10.5 Å². The molecule has 134 valence electrons. The van der Waals surface area contributed by atoms with Gasteiger partial charge in [-0.3, -0.25) is 19.3 Å². The van der Waals surface area contributed by atoms with E-state index in [1.807, 2.05) is 12.1 Å². The zero-order valence-electron chi connectivity index (χ0n) is 14.7. The lowest BCUT2D eigenvalue weighted by Crippen LogP contribution is -2.35. The molecule has 0 aromatic heterocycles. The highest BCUT2D eigenvalue weighted by Crippen LogP contribution is 2.28. The predicted octanol–water partition coefficient (Wildman–Crippen LogP) is 2.81. The van der Waals surface area contributed by atoms with Crippen LogP contribution in [0.5, 0.6) is 5.75 Å². The first-order valence-electron chi connectivity index (χ1n) is 8.44. The Morgan fingerprint density at radius 2 is 1.69 bits per heavy atom. The fourth-order valence-electron chi connectivity index (χ4n) is 2.88. The molecule has 6 nitrogen and oxygen atoms in total. The van der Waals surface area contributed by atoms with Crippen molar-refractivity contribution in [3.63, 3.8) is 0 Å². The highest BCUT2D eigenvalue weighted by atomic mass is 16.5. The number of hydrogen-bond donors (Lipinski definition) is 1. The van der Waals surface area contributed by atoms with Crippen LogP contribution in [-0.2, 0) is 11.2 Å². The summed E-state index contributed by atoms with van der Waals surface area (Å²) in [5, 5.41) is 0. The van der Waals surface area contributed by atoms with E-state index in [4.69, 9.17) is 10.5 Å². The van der Waals surface area contributed by atoms with Gasteiger partial charge in [-0.1, -0.05) is 12.1 Å². The van der Waals surface area contributed by atoms with Gasteiger partial charge in [-0.15, -0.1) is 0 Å². The summed E-state index contributed by atoms with van der Waals surface area (Å²) in [5.74, 6) is -0.821. The molecule has 1 aliphatic rings. The second kappa shape index (κ2) is 7.00. The third-order valence-corrected chi connectivity index (χ3v) is 4.24. The molecule has 1 heterocycles. The first kappa shape index (κ1) is 17.7. The summed E-state index contributed by atoms with van der Waals surface area (Å²) in [6.07, 6.45) is 0.731. The first-order valence-corrected chi connectivity index (χ1v) is 8.44. The minimum Gasteiger partial charge on any atom is -0.426 e. The van der Waals surface area contributed by atoms with E-state index in [2.05, 4.69) is 0 Å². The third kappa shape index (κ3) is 3.44. The Bertz CT molecular complexity index is 872. The number of aryl methyl sites for hydroxylation is 1. The molecular weight excluding hydrogens is 332 g/mol. The summed E-state index contributed by atoms with van der Waals surface area (Å²) in [4.78, 5) is 37.9. The number of nitrogens with two attached hydrogens (primary N) is 1. The molecule has 6 heteroatoms. The monoisotopic (exact) mass is 352 g/mol. The van der Waals surface area contributed by atoms with Crippen LogP contribution in [0.15, 0.2) is 42.5 Å². The quantitative estimate of drug-likeness (QED) is 0.387. The number of nitrogen functional groups attached to an aromatic ring is 1. The zero-order valence-corrected chi connectivity index (χ0v) is 14.7. The summed E-state index contributed by atoms with van der Waals surface area (Å²) < 4.78 is 5.32. The molecule has 0 saturated carbocycles. The molecular formula is C20H20N2O4. The first-order chi connectivity index (χ1) is 12.4. The molecule has 2 aromatic carbocycles. The van der Waals surface area contributed by atoms with Gasteiger partial charge in [0.15, 0.2) is 0 Å². The smallest absolute Gasteiger partial charge is 0.311 e. The molecule has 0 bridgehead atoms. The van der Waals surface area contributed by atoms with Gasteiger partial charge in [-0.2, -0.15) is 0 Å². The lowest BCUT2D eigenvalue weighted by atomic mass is 10.1. The third-order valence-electron chi connectivity index (χ3n) is 4.24. The summed E-state index contributed by atoms with van der Waals surface area (Å²) >= 11 is 0. The number of nitrogens with zero attached hydrogens (tertiary/aromatic N) is 1. The lowest BCUT2D eigenvalue weighted by molar-refractivity contribution is -0.134. The fourth-order valence-corrected chi connectivity index (χ4v) is 2.88. The van der Waals surface area contributed by atoms with Crippen LogP contribution in [0.1, 0.15) is 46.5 Å². The van der Waals surface area contributed by atoms with Crippen LogP contribution in [0, 0.1) is 0 Å². The Morgan fingerprint density at radius 3 is 2.35 bits per heavy atom. The standard InChI is InChI=1S/C20H20N2O4/c1-12(2)22-19(24)16-9-8-15(11-17(16)20(22)25)26-18(23)10-5-13-3-6-14(21)7-4-13/h3-4,6-9,11-12H,5,10,21H2,1-2H3. The van der Waals surface area contributed by atoms with Gasteiger partial charge in [-0.25, -0.2) is 0 Å². The normalized spacial score (nSPS) is 13.3. The van der Waals surface area contributed by atoms with E-state index in [0.717, 1.165) is 5.56 Å². The van der Waals surface area contributed by atoms with E-state index in [0.29, 0.717) is 17.7 Å². The van der Waals surface area contributed by atoms with Crippen LogP contribution in [0.25, 0.3) is 0 Å². The van der Waals surface area contributed by atoms with Gasteiger partial charge in [0.05, 0.1) is 11.1 Å². The Morgan fingerprint density at radius 1 is 1.04 bits per heavy atom. The molecule has 0 spiro atoms. The number of amides is 2. The molecule has 0 saturated heterocycles. The molecule has 2 aromatic rings. The lowest BCUT2D eigenvalue weighted by Gasteiger charge is -2.17. The number of carbonyl (C=O) groups is 3. The molecule has 1 aliphatic heterocycles. The fraction of sp³-hybridized carbons (Fsp3) is 0.250. The van der Waals surface area contributed by atoms with E-state index in [1.54, 1.807) is 26.0 Å². The molecule has 0 aliphatic carbocycles. The van der Waals surface area contributed by atoms with Crippen LogP contribution in [0.2, 0.25) is 0 Å². The number of fused-ring (bicyclic) bond motifs is 1. The maximum absolute atomic E-state index is 12.4. The maximum Gasteiger partial charge on any atom is 0.311 e. The molecule has 2 N–H and O–H groups in total. The molecule has 3 rings (SSSR count). The van der Waals surface area contributed by atoms with Crippen molar-refractivity contribution in [1.82, 2.24) is 4.90 Å². The average molecular weight is 352 g/mol. The number of benzene rings is 2. The van der Waals surface area contributed by atoms with Gasteiger partial charge >= 0.3 is 5.97 Å². The number of rotatable bonds is 5. The Labute approximate surface area is 151 Å². The largest absolute Gasteiger partial charge is 0.426 e. The summed E-state index contributed by atoms with van der Waals surface area (Å²) in [5.41, 5.74) is 7.90. The van der Waals surface area contributed by atoms with Crippen molar-refractivity contribution in [3.8, 4) is 5.75 Å². The van der Waals surface area contributed by atoms with Crippen molar-refractivity contribution in [2.45, 2.75) is 32.7 Å². The Hall–Kier alpha value is -3.15. The zero-order chi connectivity index (χ0) is 18.8. The number of imide groups is 1. The van der Waals surface area contributed by atoms with E-state index >= 15 is 0 Å². The van der Waals surface area contributed by atoms with Crippen molar-refractivity contribution < 1.29 is 19.1 Å². The van der Waals surface area contributed by atoms with Crippen LogP contribution in [-0.4, -0.2) is 28.7 Å². The van der Waals surface area contributed by atoms with Crippen molar-refractivity contribution in [1.29, 1.82) is 0 Å². The SMILES string of the molecule is CC(C)N1C(=O)c2ccc(OC(=O)CCc3ccc(N)cc3)cc2C1=O. The van der Waals surface area contributed by atoms with Gasteiger partial charge < -0.3 is 10.5 Å². The molecule has 0 radical (unpaired) electrons. The van der Waals surface area contributed by atoms with Crippen LogP contribution in [0.4, 0.5) is 5.69 Å². The molecule has 26 heavy (non-hydrogen) atoms. The Balaban J connectivity index is 1.66. The number of ether oxygens (including phenoxy) is 1. The van der Waals surface area contributed by atoms with E-state index in [9.17, 15) is 14.4 Å². The molecule has 0 fully saturated rings. The van der Waals surface area contributed by atoms with Crippen molar-refractivity contribution in [2.24, 2.45) is 0 Å². The van der Waals surface area contributed by atoms with Crippen molar-refractivity contribution in [3.05, 3.63) is 59.2 Å². The topological polar surface area (TPSA) is 89.7 Å². The van der Waals surface area contributed by atoms with Crippen LogP contribution >= 0.6 is 0 Å². The van der Waals surface area contributed by atoms with Crippen molar-refractivity contribution in [2.75, 3.05) is 5.73 Å². The van der Waals surface area contributed by atoms with Gasteiger partial charge in [0, 0.05) is 18.2 Å². The highest BCUT2D eigenvalue weighted by Gasteiger charge is 2.37. The van der Waals surface area contributed by atoms with Gasteiger partial charge in [0.1, 0.15) is 5.75 Å². The minimum atomic E-state index is -0.403. The summed E-state index contributed by atoms with van der Waals surface area (Å²) in [6, 6.07) is 11.6. The molecule has 2 amide bonds. The predicted molar refractivity (Wildman–Crippen MR) is 96.9 cm³/mol. The maximum atomic E-state index is 12.4. The van der Waals surface area contributed by atoms with Crippen molar-refractivity contribution >= 4 is 23.5 Å². The average Bonchev–Trinajstić information content (AvgIpc) is 2.85. The number of anilines is 1. The van der Waals surface area contributed by atoms with Crippen LogP contribution in [0.3, 0.4) is 0 Å². The number of hydrogen-bond acceptors (Lipinski definition) is 5.